The lowest BCUT2D eigenvalue weighted by atomic mass is 10.1. The van der Waals surface area contributed by atoms with Crippen molar-refractivity contribution in [1.29, 1.82) is 0 Å². The number of hydrogen-bond acceptors (Lipinski definition) is 2. The number of nitrogens with one attached hydrogen (secondary N) is 1. The molecule has 3 nitrogen and oxygen atoms in total. The van der Waals surface area contributed by atoms with Crippen molar-refractivity contribution in [3.8, 4) is 11.3 Å². The van der Waals surface area contributed by atoms with Crippen molar-refractivity contribution in [2.45, 2.75) is 0 Å². The van der Waals surface area contributed by atoms with E-state index in [4.69, 9.17) is 0 Å². The molecule has 5 rings (SSSR count). The van der Waals surface area contributed by atoms with Gasteiger partial charge in [-0.1, -0.05) is 36.4 Å². The highest BCUT2D eigenvalue weighted by atomic mass is 14.8. The van der Waals surface area contributed by atoms with Gasteiger partial charge in [-0.3, -0.25) is 9.97 Å². The molecule has 0 aliphatic rings. The third-order valence-electron chi connectivity index (χ3n) is 4.31. The van der Waals surface area contributed by atoms with Gasteiger partial charge in [-0.25, -0.2) is 0 Å². The minimum absolute atomic E-state index is 0.964. The van der Waals surface area contributed by atoms with Gasteiger partial charge < -0.3 is 4.98 Å². The fraction of sp³-hybridized carbons (Fsp3) is 0. The Balaban J connectivity index is 1.84. The largest absolute Gasteiger partial charge is 0.353 e. The third-order valence-corrected chi connectivity index (χ3v) is 4.31. The molecule has 108 valence electrons. The van der Waals surface area contributed by atoms with Crippen LogP contribution in [0, 0.1) is 0 Å². The van der Waals surface area contributed by atoms with Crippen molar-refractivity contribution >= 4 is 32.7 Å². The number of pyridine rings is 2. The van der Waals surface area contributed by atoms with Gasteiger partial charge >= 0.3 is 0 Å². The van der Waals surface area contributed by atoms with Gasteiger partial charge in [0.25, 0.3) is 0 Å². The van der Waals surface area contributed by atoms with Crippen LogP contribution < -0.4 is 0 Å². The Morgan fingerprint density at radius 2 is 1.70 bits per heavy atom. The molecule has 0 radical (unpaired) electrons. The van der Waals surface area contributed by atoms with Gasteiger partial charge in [0.2, 0.25) is 0 Å². The first-order valence-corrected chi connectivity index (χ1v) is 7.61. The molecular formula is C20H13N3. The highest BCUT2D eigenvalue weighted by Gasteiger charge is 2.11. The Morgan fingerprint density at radius 3 is 2.70 bits per heavy atom. The molecule has 0 spiro atoms. The Morgan fingerprint density at radius 1 is 0.739 bits per heavy atom. The molecule has 0 saturated heterocycles. The number of benzene rings is 2. The lowest BCUT2D eigenvalue weighted by Gasteiger charge is -2.04. The van der Waals surface area contributed by atoms with E-state index in [1.165, 1.54) is 10.8 Å². The maximum Gasteiger partial charge on any atom is 0.0943 e. The molecule has 3 heteroatoms. The summed E-state index contributed by atoms with van der Waals surface area (Å²) in [7, 11) is 0. The van der Waals surface area contributed by atoms with Gasteiger partial charge in [0.1, 0.15) is 0 Å². The topological polar surface area (TPSA) is 41.6 Å². The predicted octanol–water partition coefficient (Wildman–Crippen LogP) is 4.93. The van der Waals surface area contributed by atoms with Crippen molar-refractivity contribution in [2.24, 2.45) is 0 Å². The minimum atomic E-state index is 0.964. The summed E-state index contributed by atoms with van der Waals surface area (Å²) in [5.74, 6) is 0. The first-order valence-electron chi connectivity index (χ1n) is 7.61. The number of rotatable bonds is 1. The smallest absolute Gasteiger partial charge is 0.0943 e. The normalized spacial score (nSPS) is 11.5. The number of fused-ring (bicyclic) bond motifs is 4. The summed E-state index contributed by atoms with van der Waals surface area (Å²) >= 11 is 0. The van der Waals surface area contributed by atoms with Gasteiger partial charge in [0.15, 0.2) is 0 Å². The van der Waals surface area contributed by atoms with Crippen LogP contribution >= 0.6 is 0 Å². The monoisotopic (exact) mass is 295 g/mol. The van der Waals surface area contributed by atoms with E-state index in [9.17, 15) is 0 Å². The molecule has 2 aromatic carbocycles. The first kappa shape index (κ1) is 12.4. The van der Waals surface area contributed by atoms with E-state index in [1.54, 1.807) is 0 Å². The Labute approximate surface area is 132 Å². The highest BCUT2D eigenvalue weighted by Crippen LogP contribution is 2.32. The van der Waals surface area contributed by atoms with Crippen molar-refractivity contribution in [1.82, 2.24) is 15.0 Å². The molecule has 0 atom stereocenters. The van der Waals surface area contributed by atoms with Crippen molar-refractivity contribution in [2.75, 3.05) is 0 Å². The average molecular weight is 295 g/mol. The van der Waals surface area contributed by atoms with E-state index in [0.717, 1.165) is 33.2 Å². The quantitative estimate of drug-likeness (QED) is 0.476. The zero-order valence-corrected chi connectivity index (χ0v) is 12.3. The van der Waals surface area contributed by atoms with Gasteiger partial charge in [-0.15, -0.1) is 0 Å². The maximum absolute atomic E-state index is 4.62. The van der Waals surface area contributed by atoms with Crippen LogP contribution in [0.3, 0.4) is 0 Å². The van der Waals surface area contributed by atoms with E-state index in [-0.39, 0.29) is 0 Å². The molecule has 1 N–H and O–H groups in total. The molecule has 0 aliphatic heterocycles. The third kappa shape index (κ3) is 1.83. The molecule has 3 aromatic heterocycles. The van der Waals surface area contributed by atoms with Crippen molar-refractivity contribution in [3.63, 3.8) is 0 Å². The van der Waals surface area contributed by atoms with Crippen molar-refractivity contribution < 1.29 is 0 Å². The van der Waals surface area contributed by atoms with Crippen LogP contribution in [0.1, 0.15) is 0 Å². The fourth-order valence-corrected chi connectivity index (χ4v) is 3.21. The van der Waals surface area contributed by atoms with E-state index in [2.05, 4.69) is 63.5 Å². The van der Waals surface area contributed by atoms with Crippen LogP contribution in [0.15, 0.2) is 73.1 Å². The summed E-state index contributed by atoms with van der Waals surface area (Å²) in [4.78, 5) is 12.6. The Kier molecular flexibility index (Phi) is 2.50. The number of para-hydroxylation sites is 1. The second-order valence-electron chi connectivity index (χ2n) is 5.66. The number of nitrogens with zero attached hydrogens (tertiary/aromatic N) is 2. The van der Waals surface area contributed by atoms with Gasteiger partial charge in [-0.05, 0) is 24.3 Å². The fourth-order valence-electron chi connectivity index (χ4n) is 3.21. The number of hydrogen-bond donors (Lipinski definition) is 1. The summed E-state index contributed by atoms with van der Waals surface area (Å²) in [5, 5.41) is 3.57. The average Bonchev–Trinajstić information content (AvgIpc) is 3.00. The molecule has 23 heavy (non-hydrogen) atoms. The molecule has 0 fully saturated rings. The molecule has 0 saturated carbocycles. The molecule has 5 aromatic rings. The maximum atomic E-state index is 4.62. The molecule has 0 aliphatic carbocycles. The van der Waals surface area contributed by atoms with E-state index < -0.39 is 0 Å². The van der Waals surface area contributed by atoms with Crippen LogP contribution in [0.25, 0.3) is 44.0 Å². The lowest BCUT2D eigenvalue weighted by Crippen LogP contribution is -1.86. The highest BCUT2D eigenvalue weighted by molar-refractivity contribution is 6.11. The summed E-state index contributed by atoms with van der Waals surface area (Å²) < 4.78 is 0. The van der Waals surface area contributed by atoms with E-state index in [0.29, 0.717) is 0 Å². The van der Waals surface area contributed by atoms with Gasteiger partial charge in [0, 0.05) is 39.6 Å². The second-order valence-corrected chi connectivity index (χ2v) is 5.66. The van der Waals surface area contributed by atoms with E-state index >= 15 is 0 Å². The summed E-state index contributed by atoms with van der Waals surface area (Å²) in [6, 6.07) is 20.8. The minimum Gasteiger partial charge on any atom is -0.353 e. The molecule has 3 heterocycles. The number of H-pyrrole nitrogens is 1. The number of aromatic nitrogens is 3. The Bertz CT molecular complexity index is 1170. The summed E-state index contributed by atoms with van der Waals surface area (Å²) in [6.07, 6.45) is 3.70. The van der Waals surface area contributed by atoms with Crippen LogP contribution in [-0.2, 0) is 0 Å². The van der Waals surface area contributed by atoms with Crippen LogP contribution in [-0.4, -0.2) is 15.0 Å². The molecule has 0 unspecified atom stereocenters. The molecular weight excluding hydrogens is 282 g/mol. The lowest BCUT2D eigenvalue weighted by molar-refractivity contribution is 1.34. The standard InChI is InChI=1S/C20H13N3/c1-2-6-17-15(5-1)16-9-11-22-19(20(16)23-17)14-8-7-13-4-3-10-21-18(13)12-14/h1-12,23H. The number of aromatic amines is 1. The molecule has 0 amide bonds. The zero-order chi connectivity index (χ0) is 15.2. The van der Waals surface area contributed by atoms with E-state index in [1.807, 2.05) is 24.5 Å². The van der Waals surface area contributed by atoms with Crippen LogP contribution in [0.4, 0.5) is 0 Å². The van der Waals surface area contributed by atoms with Crippen LogP contribution in [0.5, 0.6) is 0 Å². The first-order chi connectivity index (χ1) is 11.4. The summed E-state index contributed by atoms with van der Waals surface area (Å²) in [6.45, 7) is 0. The summed E-state index contributed by atoms with van der Waals surface area (Å²) in [5.41, 5.74) is 5.24. The SMILES string of the molecule is c1cnc2cc(-c3nccc4c3[nH]c3ccccc34)ccc2c1. The van der Waals surface area contributed by atoms with Crippen LogP contribution in [0.2, 0.25) is 0 Å². The van der Waals surface area contributed by atoms with Gasteiger partial charge in [-0.2, -0.15) is 0 Å². The zero-order valence-electron chi connectivity index (χ0n) is 12.3. The molecule has 0 bridgehead atoms. The van der Waals surface area contributed by atoms with Crippen molar-refractivity contribution in [3.05, 3.63) is 73.1 Å². The predicted molar refractivity (Wildman–Crippen MR) is 94.3 cm³/mol. The Hall–Kier alpha value is -3.20. The van der Waals surface area contributed by atoms with Gasteiger partial charge in [0.05, 0.1) is 16.7 Å². The second kappa shape index (κ2) is 4.65.